The zero-order chi connectivity index (χ0) is 15.2. The fourth-order valence-electron chi connectivity index (χ4n) is 1.93. The molecule has 0 aliphatic rings. The number of aromatic amines is 1. The molecule has 7 heteroatoms. The third kappa shape index (κ3) is 3.95. The zero-order valence-electron chi connectivity index (χ0n) is 11.8. The number of halogens is 1. The SMILES string of the molecule is COc1ccc(F)cc1[C@@H](C)NC(=O)NCc1ccn[nH]1. The van der Waals surface area contributed by atoms with E-state index in [2.05, 4.69) is 20.8 Å². The summed E-state index contributed by atoms with van der Waals surface area (Å²) in [6.07, 6.45) is 1.61. The molecule has 0 aliphatic carbocycles. The molecule has 112 valence electrons. The van der Waals surface area contributed by atoms with Gasteiger partial charge in [0.2, 0.25) is 0 Å². The number of nitrogens with zero attached hydrogens (tertiary/aromatic N) is 1. The van der Waals surface area contributed by atoms with Crippen molar-refractivity contribution in [3.05, 3.63) is 47.5 Å². The number of amides is 2. The van der Waals surface area contributed by atoms with E-state index in [4.69, 9.17) is 4.74 Å². The lowest BCUT2D eigenvalue weighted by Gasteiger charge is -2.17. The third-order valence-electron chi connectivity index (χ3n) is 3.00. The van der Waals surface area contributed by atoms with Gasteiger partial charge in [0.25, 0.3) is 0 Å². The Morgan fingerprint density at radius 3 is 2.95 bits per heavy atom. The van der Waals surface area contributed by atoms with Crippen molar-refractivity contribution in [2.45, 2.75) is 19.5 Å². The second kappa shape index (κ2) is 6.74. The molecule has 1 aromatic heterocycles. The van der Waals surface area contributed by atoms with E-state index >= 15 is 0 Å². The summed E-state index contributed by atoms with van der Waals surface area (Å²) in [6.45, 7) is 2.09. The van der Waals surface area contributed by atoms with Gasteiger partial charge in [-0.25, -0.2) is 9.18 Å². The molecule has 0 spiro atoms. The predicted octanol–water partition coefficient (Wildman–Crippen LogP) is 2.12. The highest BCUT2D eigenvalue weighted by Gasteiger charge is 2.14. The molecule has 0 saturated heterocycles. The van der Waals surface area contributed by atoms with Crippen molar-refractivity contribution in [3.8, 4) is 5.75 Å². The van der Waals surface area contributed by atoms with Crippen LogP contribution < -0.4 is 15.4 Å². The number of urea groups is 1. The van der Waals surface area contributed by atoms with Crippen LogP contribution in [0.5, 0.6) is 5.75 Å². The lowest BCUT2D eigenvalue weighted by molar-refractivity contribution is 0.237. The maximum Gasteiger partial charge on any atom is 0.315 e. The maximum absolute atomic E-state index is 13.3. The van der Waals surface area contributed by atoms with Gasteiger partial charge in [0.15, 0.2) is 0 Å². The lowest BCUT2D eigenvalue weighted by Crippen LogP contribution is -2.36. The normalized spacial score (nSPS) is 11.8. The molecule has 2 amide bonds. The lowest BCUT2D eigenvalue weighted by atomic mass is 10.1. The quantitative estimate of drug-likeness (QED) is 0.789. The summed E-state index contributed by atoms with van der Waals surface area (Å²) in [5.74, 6) is 0.148. The first kappa shape index (κ1) is 14.8. The van der Waals surface area contributed by atoms with Crippen LogP contribution in [0.1, 0.15) is 24.2 Å². The average Bonchev–Trinajstić information content (AvgIpc) is 2.98. The Morgan fingerprint density at radius 2 is 2.29 bits per heavy atom. The van der Waals surface area contributed by atoms with Gasteiger partial charge < -0.3 is 15.4 Å². The minimum absolute atomic E-state index is 0.332. The van der Waals surface area contributed by atoms with E-state index in [9.17, 15) is 9.18 Å². The molecule has 2 aromatic rings. The average molecular weight is 292 g/mol. The number of rotatable bonds is 5. The van der Waals surface area contributed by atoms with E-state index in [1.54, 1.807) is 19.2 Å². The largest absolute Gasteiger partial charge is 0.496 e. The molecule has 2 rings (SSSR count). The molecular weight excluding hydrogens is 275 g/mol. The van der Waals surface area contributed by atoms with E-state index in [1.807, 2.05) is 0 Å². The molecule has 3 N–H and O–H groups in total. The molecule has 1 atom stereocenters. The molecule has 0 bridgehead atoms. The van der Waals surface area contributed by atoms with Crippen molar-refractivity contribution in [1.82, 2.24) is 20.8 Å². The Morgan fingerprint density at radius 1 is 1.48 bits per heavy atom. The predicted molar refractivity (Wildman–Crippen MR) is 75.3 cm³/mol. The molecule has 0 saturated carbocycles. The number of hydrogen-bond acceptors (Lipinski definition) is 3. The first-order valence-electron chi connectivity index (χ1n) is 6.46. The molecule has 6 nitrogen and oxygen atoms in total. The number of carbonyl (C=O) groups is 1. The standard InChI is InChI=1S/C14H17FN4O2/c1-9(12-7-10(15)3-4-13(12)21-2)18-14(20)16-8-11-5-6-17-19-11/h3-7,9H,8H2,1-2H3,(H,17,19)(H2,16,18,20)/t9-/m1/s1. The Kier molecular flexibility index (Phi) is 4.76. The highest BCUT2D eigenvalue weighted by Crippen LogP contribution is 2.25. The summed E-state index contributed by atoms with van der Waals surface area (Å²) in [7, 11) is 1.50. The summed E-state index contributed by atoms with van der Waals surface area (Å²) < 4.78 is 18.5. The van der Waals surface area contributed by atoms with Crippen molar-refractivity contribution < 1.29 is 13.9 Å². The monoisotopic (exact) mass is 292 g/mol. The van der Waals surface area contributed by atoms with Gasteiger partial charge in [-0.2, -0.15) is 5.10 Å². The maximum atomic E-state index is 13.3. The molecule has 1 aromatic carbocycles. The molecule has 0 aliphatic heterocycles. The van der Waals surface area contributed by atoms with E-state index in [0.717, 1.165) is 5.69 Å². The van der Waals surface area contributed by atoms with Crippen LogP contribution >= 0.6 is 0 Å². The Hall–Kier alpha value is -2.57. The van der Waals surface area contributed by atoms with Gasteiger partial charge in [0.05, 0.1) is 25.4 Å². The molecule has 0 radical (unpaired) electrons. The van der Waals surface area contributed by atoms with Gasteiger partial charge in [-0.05, 0) is 31.2 Å². The summed E-state index contributed by atoms with van der Waals surface area (Å²) >= 11 is 0. The van der Waals surface area contributed by atoms with Crippen LogP contribution in [-0.2, 0) is 6.54 Å². The number of nitrogens with one attached hydrogen (secondary N) is 3. The highest BCUT2D eigenvalue weighted by atomic mass is 19.1. The minimum atomic E-state index is -0.391. The molecule has 0 unspecified atom stereocenters. The van der Waals surface area contributed by atoms with Crippen LogP contribution in [0, 0.1) is 5.82 Å². The summed E-state index contributed by atoms with van der Waals surface area (Å²) in [4.78, 5) is 11.8. The number of ether oxygens (including phenoxy) is 1. The number of aromatic nitrogens is 2. The van der Waals surface area contributed by atoms with Crippen LogP contribution in [0.15, 0.2) is 30.5 Å². The first-order chi connectivity index (χ1) is 10.1. The second-order valence-corrected chi connectivity index (χ2v) is 4.52. The summed E-state index contributed by atoms with van der Waals surface area (Å²) in [5.41, 5.74) is 1.37. The topological polar surface area (TPSA) is 79.0 Å². The third-order valence-corrected chi connectivity index (χ3v) is 3.00. The number of benzene rings is 1. The summed E-state index contributed by atoms with van der Waals surface area (Å²) in [5, 5.41) is 11.9. The highest BCUT2D eigenvalue weighted by molar-refractivity contribution is 5.74. The van der Waals surface area contributed by atoms with Gasteiger partial charge >= 0.3 is 6.03 Å². The zero-order valence-corrected chi connectivity index (χ0v) is 11.8. The number of hydrogen-bond donors (Lipinski definition) is 3. The van der Waals surface area contributed by atoms with Gasteiger partial charge in [0, 0.05) is 11.8 Å². The number of H-pyrrole nitrogens is 1. The Labute approximate surface area is 121 Å². The van der Waals surface area contributed by atoms with Crippen molar-refractivity contribution >= 4 is 6.03 Å². The van der Waals surface area contributed by atoms with Gasteiger partial charge in [-0.3, -0.25) is 5.10 Å². The molecule has 1 heterocycles. The van der Waals surface area contributed by atoms with Crippen molar-refractivity contribution in [2.24, 2.45) is 0 Å². The number of methoxy groups -OCH3 is 1. The van der Waals surface area contributed by atoms with Gasteiger partial charge in [-0.15, -0.1) is 0 Å². The van der Waals surface area contributed by atoms with Crippen LogP contribution in [0.4, 0.5) is 9.18 Å². The van der Waals surface area contributed by atoms with Crippen LogP contribution in [-0.4, -0.2) is 23.3 Å². The fraction of sp³-hybridized carbons (Fsp3) is 0.286. The van der Waals surface area contributed by atoms with E-state index in [-0.39, 0.29) is 11.8 Å². The Balaban J connectivity index is 1.95. The van der Waals surface area contributed by atoms with Gasteiger partial charge in [-0.1, -0.05) is 0 Å². The minimum Gasteiger partial charge on any atom is -0.496 e. The molecule has 0 fully saturated rings. The fourth-order valence-corrected chi connectivity index (χ4v) is 1.93. The van der Waals surface area contributed by atoms with E-state index in [1.165, 1.54) is 25.3 Å². The van der Waals surface area contributed by atoms with Gasteiger partial charge in [0.1, 0.15) is 11.6 Å². The van der Waals surface area contributed by atoms with E-state index in [0.29, 0.717) is 17.9 Å². The first-order valence-corrected chi connectivity index (χ1v) is 6.46. The smallest absolute Gasteiger partial charge is 0.315 e. The van der Waals surface area contributed by atoms with Crippen LogP contribution in [0.25, 0.3) is 0 Å². The molecular formula is C14H17FN4O2. The molecule has 21 heavy (non-hydrogen) atoms. The van der Waals surface area contributed by atoms with Crippen molar-refractivity contribution in [1.29, 1.82) is 0 Å². The summed E-state index contributed by atoms with van der Waals surface area (Å²) in [6, 6.07) is 5.21. The van der Waals surface area contributed by atoms with Crippen LogP contribution in [0.3, 0.4) is 0 Å². The second-order valence-electron chi connectivity index (χ2n) is 4.52. The van der Waals surface area contributed by atoms with Crippen molar-refractivity contribution in [3.63, 3.8) is 0 Å². The van der Waals surface area contributed by atoms with Crippen molar-refractivity contribution in [2.75, 3.05) is 7.11 Å². The Bertz CT molecular complexity index is 601. The number of carbonyl (C=O) groups excluding carboxylic acids is 1. The van der Waals surface area contributed by atoms with E-state index < -0.39 is 6.04 Å². The van der Waals surface area contributed by atoms with Crippen LogP contribution in [0.2, 0.25) is 0 Å².